The second-order valence-electron chi connectivity index (χ2n) is 6.50. The lowest BCUT2D eigenvalue weighted by Gasteiger charge is -2.19. The minimum absolute atomic E-state index is 0.0215. The van der Waals surface area contributed by atoms with Gasteiger partial charge in [-0.2, -0.15) is 4.31 Å². The number of carbonyl (C=O) groups excluding carboxylic acids is 2. The molecular weight excluding hydrogens is 444 g/mol. The zero-order valence-electron chi connectivity index (χ0n) is 17.7. The Morgan fingerprint density at radius 3 is 2.42 bits per heavy atom. The lowest BCUT2D eigenvalue weighted by atomic mass is 10.2. The van der Waals surface area contributed by atoms with E-state index >= 15 is 0 Å². The molecule has 0 aliphatic heterocycles. The molecule has 0 heterocycles. The van der Waals surface area contributed by atoms with E-state index in [4.69, 9.17) is 21.1 Å². The third kappa shape index (κ3) is 5.96. The van der Waals surface area contributed by atoms with Crippen LogP contribution in [0.5, 0.6) is 5.75 Å². The fraction of sp³-hybridized carbons (Fsp3) is 0.333. The molecule has 0 bridgehead atoms. The highest BCUT2D eigenvalue weighted by Gasteiger charge is 2.24. The molecule has 2 rings (SSSR count). The number of nitrogens with one attached hydrogen (secondary N) is 1. The highest BCUT2D eigenvalue weighted by molar-refractivity contribution is 7.89. The fourth-order valence-corrected chi connectivity index (χ4v) is 4.47. The molecule has 0 fully saturated rings. The van der Waals surface area contributed by atoms with Gasteiger partial charge in [0.15, 0.2) is 6.10 Å². The zero-order chi connectivity index (χ0) is 23.2. The molecule has 0 radical (unpaired) electrons. The molecule has 10 heteroatoms. The van der Waals surface area contributed by atoms with E-state index < -0.39 is 28.0 Å². The summed E-state index contributed by atoms with van der Waals surface area (Å²) < 4.78 is 37.0. The van der Waals surface area contributed by atoms with Gasteiger partial charge >= 0.3 is 5.97 Å². The number of halogens is 1. The summed E-state index contributed by atoms with van der Waals surface area (Å²) in [7, 11) is -2.29. The number of benzene rings is 2. The molecule has 1 atom stereocenters. The molecule has 0 unspecified atom stereocenters. The Morgan fingerprint density at radius 1 is 1.13 bits per heavy atom. The number of nitrogens with zero attached hydrogens (tertiary/aromatic N) is 1. The van der Waals surface area contributed by atoms with E-state index in [1.54, 1.807) is 26.0 Å². The SMILES string of the molecule is CCN(CC)S(=O)(=O)c1cccc(C(=O)O[C@H](C)C(=O)Nc2cc(Cl)ccc2OC)c1. The van der Waals surface area contributed by atoms with Crippen molar-refractivity contribution in [2.75, 3.05) is 25.5 Å². The lowest BCUT2D eigenvalue weighted by molar-refractivity contribution is -0.123. The van der Waals surface area contributed by atoms with E-state index in [0.29, 0.717) is 29.5 Å². The number of anilines is 1. The largest absolute Gasteiger partial charge is 0.495 e. The van der Waals surface area contributed by atoms with Crippen LogP contribution in [-0.2, 0) is 19.6 Å². The number of methoxy groups -OCH3 is 1. The van der Waals surface area contributed by atoms with Crippen LogP contribution in [0.25, 0.3) is 0 Å². The minimum Gasteiger partial charge on any atom is -0.495 e. The number of sulfonamides is 1. The van der Waals surface area contributed by atoms with Crippen molar-refractivity contribution in [2.45, 2.75) is 31.8 Å². The smallest absolute Gasteiger partial charge is 0.338 e. The van der Waals surface area contributed by atoms with Crippen LogP contribution >= 0.6 is 11.6 Å². The molecule has 2 aromatic rings. The van der Waals surface area contributed by atoms with Crippen LogP contribution in [0.3, 0.4) is 0 Å². The Labute approximate surface area is 187 Å². The number of amides is 1. The van der Waals surface area contributed by atoms with Crippen LogP contribution in [-0.4, -0.2) is 50.9 Å². The third-order valence-electron chi connectivity index (χ3n) is 4.49. The van der Waals surface area contributed by atoms with Gasteiger partial charge < -0.3 is 14.8 Å². The molecule has 0 aliphatic rings. The molecule has 1 amide bonds. The van der Waals surface area contributed by atoms with Crippen molar-refractivity contribution in [3.63, 3.8) is 0 Å². The molecule has 0 saturated carbocycles. The van der Waals surface area contributed by atoms with Gasteiger partial charge in [0.2, 0.25) is 10.0 Å². The summed E-state index contributed by atoms with van der Waals surface area (Å²) in [6.07, 6.45) is -1.15. The van der Waals surface area contributed by atoms with Gasteiger partial charge in [-0.25, -0.2) is 13.2 Å². The van der Waals surface area contributed by atoms with Gasteiger partial charge in [-0.1, -0.05) is 31.5 Å². The summed E-state index contributed by atoms with van der Waals surface area (Å²) >= 11 is 5.95. The summed E-state index contributed by atoms with van der Waals surface area (Å²) in [5, 5.41) is 2.99. The Morgan fingerprint density at radius 2 is 1.81 bits per heavy atom. The first-order chi connectivity index (χ1) is 14.6. The average molecular weight is 469 g/mol. The topological polar surface area (TPSA) is 102 Å². The van der Waals surface area contributed by atoms with Crippen LogP contribution in [0.1, 0.15) is 31.1 Å². The lowest BCUT2D eigenvalue weighted by Crippen LogP contribution is -2.31. The first kappa shape index (κ1) is 24.6. The molecule has 31 heavy (non-hydrogen) atoms. The van der Waals surface area contributed by atoms with E-state index in [9.17, 15) is 18.0 Å². The molecule has 168 valence electrons. The number of esters is 1. The molecule has 8 nitrogen and oxygen atoms in total. The maximum atomic E-state index is 12.7. The second-order valence-corrected chi connectivity index (χ2v) is 8.87. The average Bonchev–Trinajstić information content (AvgIpc) is 2.74. The van der Waals surface area contributed by atoms with Crippen molar-refractivity contribution in [3.8, 4) is 5.75 Å². The van der Waals surface area contributed by atoms with Crippen molar-refractivity contribution in [1.29, 1.82) is 0 Å². The summed E-state index contributed by atoms with van der Waals surface area (Å²) in [5.41, 5.74) is 0.350. The standard InChI is InChI=1S/C21H25ClN2O6S/c1-5-24(6-2)31(27,28)17-9-7-8-15(12-17)21(26)30-14(3)20(25)23-18-13-16(22)10-11-19(18)29-4/h7-14H,5-6H2,1-4H3,(H,23,25)/t14-/m1/s1. The molecule has 2 aromatic carbocycles. The van der Waals surface area contributed by atoms with Crippen LogP contribution < -0.4 is 10.1 Å². The number of hydrogen-bond acceptors (Lipinski definition) is 6. The van der Waals surface area contributed by atoms with Crippen LogP contribution in [0, 0.1) is 0 Å². The van der Waals surface area contributed by atoms with E-state index in [0.717, 1.165) is 0 Å². The van der Waals surface area contributed by atoms with E-state index in [-0.39, 0.29) is 10.5 Å². The van der Waals surface area contributed by atoms with Crippen molar-refractivity contribution in [2.24, 2.45) is 0 Å². The first-order valence-corrected chi connectivity index (χ1v) is 11.4. The van der Waals surface area contributed by atoms with Crippen molar-refractivity contribution in [1.82, 2.24) is 4.31 Å². The number of rotatable bonds is 9. The predicted octanol–water partition coefficient (Wildman–Crippen LogP) is 3.56. The molecule has 0 aromatic heterocycles. The van der Waals surface area contributed by atoms with Gasteiger partial charge in [0, 0.05) is 18.1 Å². The third-order valence-corrected chi connectivity index (χ3v) is 6.77. The van der Waals surface area contributed by atoms with Crippen molar-refractivity contribution >= 4 is 39.2 Å². The van der Waals surface area contributed by atoms with Gasteiger partial charge in [-0.3, -0.25) is 4.79 Å². The summed E-state index contributed by atoms with van der Waals surface area (Å²) in [6, 6.07) is 10.2. The quantitative estimate of drug-likeness (QED) is 0.564. The molecule has 0 aliphatic carbocycles. The van der Waals surface area contributed by atoms with Gasteiger partial charge in [-0.05, 0) is 43.3 Å². The van der Waals surface area contributed by atoms with Crippen LogP contribution in [0.2, 0.25) is 5.02 Å². The molecular formula is C21H25ClN2O6S. The van der Waals surface area contributed by atoms with Crippen molar-refractivity contribution in [3.05, 3.63) is 53.1 Å². The van der Waals surface area contributed by atoms with E-state index in [1.807, 2.05) is 0 Å². The Kier molecular flexibility index (Phi) is 8.43. The predicted molar refractivity (Wildman–Crippen MR) is 118 cm³/mol. The Hall–Kier alpha value is -2.62. The molecule has 0 spiro atoms. The van der Waals surface area contributed by atoms with E-state index in [2.05, 4.69) is 5.32 Å². The Balaban J connectivity index is 2.15. The van der Waals surface area contributed by atoms with Crippen LogP contribution in [0.15, 0.2) is 47.4 Å². The maximum Gasteiger partial charge on any atom is 0.338 e. The van der Waals surface area contributed by atoms with Gasteiger partial charge in [0.1, 0.15) is 5.75 Å². The van der Waals surface area contributed by atoms with E-state index in [1.165, 1.54) is 48.7 Å². The van der Waals surface area contributed by atoms with Gasteiger partial charge in [0.05, 0.1) is 23.3 Å². The molecule has 0 saturated heterocycles. The highest BCUT2D eigenvalue weighted by Crippen LogP contribution is 2.28. The van der Waals surface area contributed by atoms with Gasteiger partial charge in [0.25, 0.3) is 5.91 Å². The second kappa shape index (κ2) is 10.6. The summed E-state index contributed by atoms with van der Waals surface area (Å²) in [4.78, 5) is 25.0. The van der Waals surface area contributed by atoms with Crippen LogP contribution in [0.4, 0.5) is 5.69 Å². The Bertz CT molecular complexity index is 1050. The van der Waals surface area contributed by atoms with Crippen molar-refractivity contribution < 1.29 is 27.5 Å². The number of carbonyl (C=O) groups is 2. The first-order valence-electron chi connectivity index (χ1n) is 9.59. The molecule has 1 N–H and O–H groups in total. The number of hydrogen-bond donors (Lipinski definition) is 1. The maximum absolute atomic E-state index is 12.7. The highest BCUT2D eigenvalue weighted by atomic mass is 35.5. The number of ether oxygens (including phenoxy) is 2. The minimum atomic E-state index is -3.73. The summed E-state index contributed by atoms with van der Waals surface area (Å²) in [5.74, 6) is -1.02. The van der Waals surface area contributed by atoms with Gasteiger partial charge in [-0.15, -0.1) is 0 Å². The monoisotopic (exact) mass is 468 g/mol. The summed E-state index contributed by atoms with van der Waals surface area (Å²) in [6.45, 7) is 5.47. The normalized spacial score (nSPS) is 12.3. The zero-order valence-corrected chi connectivity index (χ0v) is 19.3. The fourth-order valence-electron chi connectivity index (χ4n) is 2.79.